The van der Waals surface area contributed by atoms with Gasteiger partial charge in [0.25, 0.3) is 0 Å². The molecular weight excluding hydrogens is 496 g/mol. The van der Waals surface area contributed by atoms with Crippen molar-refractivity contribution in [1.29, 1.82) is 0 Å². The van der Waals surface area contributed by atoms with Crippen molar-refractivity contribution in [3.05, 3.63) is 11.6 Å². The quantitative estimate of drug-likeness (QED) is 0.193. The fourth-order valence-corrected chi connectivity index (χ4v) is 9.52. The van der Waals surface area contributed by atoms with Gasteiger partial charge in [-0.1, -0.05) is 6.92 Å². The van der Waals surface area contributed by atoms with Gasteiger partial charge in [-0.15, -0.1) is 0 Å². The van der Waals surface area contributed by atoms with Crippen molar-refractivity contribution >= 4 is 12.3 Å². The minimum Gasteiger partial charge on any atom is -0.458 e. The number of aldehydes is 1. The van der Waals surface area contributed by atoms with Gasteiger partial charge in [-0.3, -0.25) is 0 Å². The summed E-state index contributed by atoms with van der Waals surface area (Å²) in [5.41, 5.74) is -2.83. The van der Waals surface area contributed by atoms with E-state index >= 15 is 0 Å². The summed E-state index contributed by atoms with van der Waals surface area (Å²) in [7, 11) is 0. The van der Waals surface area contributed by atoms with Gasteiger partial charge >= 0.3 is 5.97 Å². The van der Waals surface area contributed by atoms with Crippen LogP contribution in [0.25, 0.3) is 0 Å². The molecule has 2 heterocycles. The highest BCUT2D eigenvalue weighted by atomic mass is 16.7. The molecular formula is C28H40O10. The number of aliphatic hydroxyl groups is 5. The summed E-state index contributed by atoms with van der Waals surface area (Å²) in [5, 5.41) is 54.4. The normalized spacial score (nSPS) is 54.4. The summed E-state index contributed by atoms with van der Waals surface area (Å²) >= 11 is 0. The SMILES string of the molecule is C[C@]12CC[C@H]3[C@@H](CC[C@]4(O)C[C@@H](O[C@H]5OC[C@H](O)[C@H](O)[C@H]5O)CC[C@]34C=O)C1(O)CC[C@@H]2C1=CC(=O)OC1. The van der Waals surface area contributed by atoms with Gasteiger partial charge in [-0.25, -0.2) is 4.79 Å². The first-order valence-electron chi connectivity index (χ1n) is 14.1. The fraction of sp³-hybridized carbons (Fsp3) is 0.857. The van der Waals surface area contributed by atoms with E-state index in [2.05, 4.69) is 6.92 Å². The minimum absolute atomic E-state index is 0.0489. The Kier molecular flexibility index (Phi) is 6.39. The molecule has 4 aliphatic carbocycles. The van der Waals surface area contributed by atoms with Gasteiger partial charge < -0.3 is 44.5 Å². The zero-order valence-electron chi connectivity index (χ0n) is 21.8. The zero-order valence-corrected chi connectivity index (χ0v) is 21.8. The highest BCUT2D eigenvalue weighted by molar-refractivity contribution is 5.85. The van der Waals surface area contributed by atoms with Crippen LogP contribution in [0.15, 0.2) is 11.6 Å². The molecule has 12 atom stereocenters. The standard InChI is InChI=1S/C28H40O10/c1-25-6-3-18-19(28(25,35)9-5-17(25)15-10-21(31)36-12-15)4-8-27(34)11-16(2-7-26(18,27)14-29)38-24-23(33)22(32)20(30)13-37-24/h10,14,16-20,22-24,30,32-35H,2-9,11-13H2,1H3/t16-,17+,18-,19+,20-,22-,23+,24+,25+,26-,27-,28?/m0/s1. The molecule has 0 aromatic heterocycles. The summed E-state index contributed by atoms with van der Waals surface area (Å²) < 4.78 is 16.6. The summed E-state index contributed by atoms with van der Waals surface area (Å²) in [6.07, 6.45) is 1.56. The van der Waals surface area contributed by atoms with Crippen LogP contribution < -0.4 is 0 Å². The zero-order chi connectivity index (χ0) is 27.1. The summed E-state index contributed by atoms with van der Waals surface area (Å²) in [4.78, 5) is 24.7. The van der Waals surface area contributed by atoms with Crippen LogP contribution >= 0.6 is 0 Å². The van der Waals surface area contributed by atoms with E-state index in [1.54, 1.807) is 6.08 Å². The molecule has 1 saturated heterocycles. The molecule has 0 bridgehead atoms. The van der Waals surface area contributed by atoms with Crippen LogP contribution in [0.5, 0.6) is 0 Å². The van der Waals surface area contributed by atoms with Crippen LogP contribution in [0.4, 0.5) is 0 Å². The summed E-state index contributed by atoms with van der Waals surface area (Å²) in [6, 6.07) is 0. The van der Waals surface area contributed by atoms with Gasteiger partial charge in [-0.05, 0) is 74.7 Å². The number of carbonyl (C=O) groups excluding carboxylic acids is 2. The third-order valence-corrected chi connectivity index (χ3v) is 11.6. The molecule has 5 fully saturated rings. The third kappa shape index (κ3) is 3.57. The number of ether oxygens (including phenoxy) is 3. The lowest BCUT2D eigenvalue weighted by molar-refractivity contribution is -0.301. The Morgan fingerprint density at radius 2 is 1.76 bits per heavy atom. The molecule has 10 heteroatoms. The molecule has 1 unspecified atom stereocenters. The van der Waals surface area contributed by atoms with E-state index in [-0.39, 0.29) is 43.4 Å². The van der Waals surface area contributed by atoms with E-state index < -0.39 is 52.7 Å². The lowest BCUT2D eigenvalue weighted by Gasteiger charge is -2.65. The van der Waals surface area contributed by atoms with Gasteiger partial charge in [-0.2, -0.15) is 0 Å². The van der Waals surface area contributed by atoms with Crippen LogP contribution in [0, 0.1) is 28.6 Å². The molecule has 0 aromatic rings. The highest BCUT2D eigenvalue weighted by Gasteiger charge is 2.71. The summed E-state index contributed by atoms with van der Waals surface area (Å²) in [5.74, 6) is -0.604. The van der Waals surface area contributed by atoms with Crippen molar-refractivity contribution in [3.63, 3.8) is 0 Å². The van der Waals surface area contributed by atoms with Crippen LogP contribution in [-0.2, 0) is 23.8 Å². The van der Waals surface area contributed by atoms with E-state index in [1.807, 2.05) is 0 Å². The van der Waals surface area contributed by atoms with Crippen molar-refractivity contribution in [3.8, 4) is 0 Å². The number of esters is 1. The molecule has 4 saturated carbocycles. The van der Waals surface area contributed by atoms with Gasteiger partial charge in [0.1, 0.15) is 31.2 Å². The molecule has 212 valence electrons. The molecule has 6 rings (SSSR count). The van der Waals surface area contributed by atoms with Gasteiger partial charge in [0, 0.05) is 17.9 Å². The van der Waals surface area contributed by atoms with Gasteiger partial charge in [0.2, 0.25) is 0 Å². The second-order valence-corrected chi connectivity index (χ2v) is 13.0. The average Bonchev–Trinajstić information content (AvgIpc) is 3.43. The molecule has 0 radical (unpaired) electrons. The Hall–Kier alpha value is -1.40. The molecule has 0 amide bonds. The number of rotatable bonds is 4. The molecule has 0 spiro atoms. The number of hydrogen-bond acceptors (Lipinski definition) is 10. The lowest BCUT2D eigenvalue weighted by Crippen LogP contribution is -2.69. The maximum Gasteiger partial charge on any atom is 0.331 e. The second kappa shape index (κ2) is 9.06. The number of aliphatic hydroxyl groups excluding tert-OH is 3. The maximum atomic E-state index is 12.9. The van der Waals surface area contributed by atoms with Crippen LogP contribution in [-0.4, -0.2) is 92.9 Å². The van der Waals surface area contributed by atoms with Crippen LogP contribution in [0.2, 0.25) is 0 Å². The topological polar surface area (TPSA) is 163 Å². The fourth-order valence-electron chi connectivity index (χ4n) is 9.52. The van der Waals surface area contributed by atoms with Crippen molar-refractivity contribution in [1.82, 2.24) is 0 Å². The maximum absolute atomic E-state index is 12.9. The largest absolute Gasteiger partial charge is 0.458 e. The molecule has 0 aromatic carbocycles. The molecule has 2 aliphatic heterocycles. The van der Waals surface area contributed by atoms with Gasteiger partial charge in [0.15, 0.2) is 6.29 Å². The monoisotopic (exact) mass is 536 g/mol. The number of carbonyl (C=O) groups is 2. The molecule has 5 N–H and O–H groups in total. The minimum atomic E-state index is -1.42. The Morgan fingerprint density at radius 3 is 2.47 bits per heavy atom. The highest BCUT2D eigenvalue weighted by Crippen LogP contribution is 2.70. The van der Waals surface area contributed by atoms with Crippen molar-refractivity contribution < 1.29 is 49.3 Å². The van der Waals surface area contributed by atoms with Crippen molar-refractivity contribution in [2.45, 2.75) is 107 Å². The number of cyclic esters (lactones) is 1. The van der Waals surface area contributed by atoms with E-state index in [0.29, 0.717) is 44.9 Å². The van der Waals surface area contributed by atoms with E-state index in [1.165, 1.54) is 0 Å². The Labute approximate surface area is 222 Å². The smallest absolute Gasteiger partial charge is 0.331 e. The van der Waals surface area contributed by atoms with E-state index in [9.17, 15) is 35.1 Å². The van der Waals surface area contributed by atoms with Gasteiger partial charge in [0.05, 0.1) is 29.3 Å². The molecule has 38 heavy (non-hydrogen) atoms. The van der Waals surface area contributed by atoms with E-state index in [0.717, 1.165) is 18.3 Å². The first-order valence-corrected chi connectivity index (χ1v) is 14.1. The molecule has 6 aliphatic rings. The number of hydrogen-bond donors (Lipinski definition) is 5. The number of fused-ring (bicyclic) bond motifs is 5. The van der Waals surface area contributed by atoms with Crippen molar-refractivity contribution in [2.24, 2.45) is 28.6 Å². The first-order chi connectivity index (χ1) is 18.0. The predicted molar refractivity (Wildman–Crippen MR) is 130 cm³/mol. The first kappa shape index (κ1) is 26.8. The van der Waals surface area contributed by atoms with Crippen LogP contribution in [0.3, 0.4) is 0 Å². The van der Waals surface area contributed by atoms with Crippen molar-refractivity contribution in [2.75, 3.05) is 13.2 Å². The van der Waals surface area contributed by atoms with E-state index in [4.69, 9.17) is 14.2 Å². The Bertz CT molecular complexity index is 1020. The van der Waals surface area contributed by atoms with Crippen LogP contribution in [0.1, 0.15) is 64.7 Å². The predicted octanol–water partition coefficient (Wildman–Crippen LogP) is 0.362. The average molecular weight is 537 g/mol. The Morgan fingerprint density at radius 1 is 1.00 bits per heavy atom. The lowest BCUT2D eigenvalue weighted by atomic mass is 9.41. The second-order valence-electron chi connectivity index (χ2n) is 13.0. The summed E-state index contributed by atoms with van der Waals surface area (Å²) in [6.45, 7) is 2.22. The third-order valence-electron chi connectivity index (χ3n) is 11.6. The molecule has 10 nitrogen and oxygen atoms in total. The Balaban J connectivity index is 1.22.